The molecular formula is C10H20OS. The van der Waals surface area contributed by atoms with Crippen LogP contribution in [0.25, 0.3) is 0 Å². The Kier molecular flexibility index (Phi) is 7.72. The van der Waals surface area contributed by atoms with Crippen molar-refractivity contribution in [2.24, 2.45) is 0 Å². The van der Waals surface area contributed by atoms with Crippen molar-refractivity contribution >= 4 is 11.8 Å². The van der Waals surface area contributed by atoms with Crippen LogP contribution in [0.2, 0.25) is 0 Å². The molecule has 0 radical (unpaired) electrons. The third-order valence-corrected chi connectivity index (χ3v) is 2.75. The lowest BCUT2D eigenvalue weighted by molar-refractivity contribution is 0.244. The van der Waals surface area contributed by atoms with E-state index in [1.54, 1.807) is 6.92 Å². The van der Waals surface area contributed by atoms with Crippen molar-refractivity contribution < 1.29 is 5.11 Å². The lowest BCUT2D eigenvalue weighted by Crippen LogP contribution is -2.00. The molecule has 2 atom stereocenters. The Labute approximate surface area is 80.3 Å². The van der Waals surface area contributed by atoms with Gasteiger partial charge in [0.2, 0.25) is 0 Å². The summed E-state index contributed by atoms with van der Waals surface area (Å²) in [5.41, 5.74) is 0. The molecule has 1 N–H and O–H groups in total. The summed E-state index contributed by atoms with van der Waals surface area (Å²) < 4.78 is 0. The molecule has 0 fully saturated rings. The second-order valence-corrected chi connectivity index (χ2v) is 4.12. The van der Waals surface area contributed by atoms with Gasteiger partial charge in [0.15, 0.2) is 0 Å². The number of hydrogen-bond acceptors (Lipinski definition) is 2. The van der Waals surface area contributed by atoms with Crippen molar-refractivity contribution in [3.05, 3.63) is 12.2 Å². The van der Waals surface area contributed by atoms with E-state index in [9.17, 15) is 0 Å². The van der Waals surface area contributed by atoms with Crippen LogP contribution in [-0.2, 0) is 0 Å². The molecule has 2 heteroatoms. The zero-order valence-corrected chi connectivity index (χ0v) is 9.10. The van der Waals surface area contributed by atoms with E-state index in [1.165, 1.54) is 19.3 Å². The highest BCUT2D eigenvalue weighted by atomic mass is 32.2. The number of aliphatic hydroxyl groups is 1. The molecule has 1 nitrogen and oxygen atoms in total. The first kappa shape index (κ1) is 12.0. The molecule has 0 aromatic rings. The largest absolute Gasteiger partial charge is 0.389 e. The van der Waals surface area contributed by atoms with E-state index < -0.39 is 0 Å². The van der Waals surface area contributed by atoms with Gasteiger partial charge in [-0.15, -0.1) is 0 Å². The van der Waals surface area contributed by atoms with Crippen LogP contribution in [0, 0.1) is 0 Å². The second kappa shape index (κ2) is 7.69. The van der Waals surface area contributed by atoms with Crippen molar-refractivity contribution in [1.29, 1.82) is 0 Å². The van der Waals surface area contributed by atoms with Crippen molar-refractivity contribution in [3.8, 4) is 0 Å². The first-order valence-corrected chi connectivity index (χ1v) is 5.88. The lowest BCUT2D eigenvalue weighted by atomic mass is 10.2. The summed E-state index contributed by atoms with van der Waals surface area (Å²) >= 11 is 1.85. The second-order valence-electron chi connectivity index (χ2n) is 3.04. The van der Waals surface area contributed by atoms with Gasteiger partial charge in [0.1, 0.15) is 0 Å². The Morgan fingerprint density at radius 3 is 2.50 bits per heavy atom. The standard InChI is InChI=1S/C10H20OS/c1-4-5-6-10(12-3)8-7-9(2)11/h7-11H,4-6H2,1-3H3/b8-7+/t9-,10-/m1/s1. The van der Waals surface area contributed by atoms with E-state index in [4.69, 9.17) is 5.11 Å². The highest BCUT2D eigenvalue weighted by molar-refractivity contribution is 7.99. The van der Waals surface area contributed by atoms with E-state index in [1.807, 2.05) is 17.8 Å². The van der Waals surface area contributed by atoms with Crippen LogP contribution in [-0.4, -0.2) is 22.7 Å². The third kappa shape index (κ3) is 6.74. The Hall–Kier alpha value is 0.0500. The summed E-state index contributed by atoms with van der Waals surface area (Å²) in [6.45, 7) is 3.99. The molecule has 0 saturated heterocycles. The molecule has 0 aliphatic heterocycles. The molecule has 0 saturated carbocycles. The Morgan fingerprint density at radius 1 is 1.42 bits per heavy atom. The van der Waals surface area contributed by atoms with Gasteiger partial charge in [0.05, 0.1) is 6.10 Å². The van der Waals surface area contributed by atoms with Gasteiger partial charge in [0.25, 0.3) is 0 Å². The van der Waals surface area contributed by atoms with E-state index in [0.717, 1.165) is 0 Å². The monoisotopic (exact) mass is 188 g/mol. The first-order chi connectivity index (χ1) is 5.70. The summed E-state index contributed by atoms with van der Waals surface area (Å²) in [6, 6.07) is 0. The molecule has 0 heterocycles. The van der Waals surface area contributed by atoms with Gasteiger partial charge in [-0.05, 0) is 19.6 Å². The molecule has 0 rings (SSSR count). The molecular weight excluding hydrogens is 168 g/mol. The lowest BCUT2D eigenvalue weighted by Gasteiger charge is -2.08. The number of rotatable bonds is 6. The van der Waals surface area contributed by atoms with Gasteiger partial charge in [-0.25, -0.2) is 0 Å². The molecule has 0 bridgehead atoms. The van der Waals surface area contributed by atoms with Gasteiger partial charge in [-0.2, -0.15) is 11.8 Å². The third-order valence-electron chi connectivity index (χ3n) is 1.75. The fourth-order valence-electron chi connectivity index (χ4n) is 0.983. The minimum Gasteiger partial charge on any atom is -0.389 e. The van der Waals surface area contributed by atoms with Crippen molar-refractivity contribution in [3.63, 3.8) is 0 Å². The number of thioether (sulfide) groups is 1. The highest BCUT2D eigenvalue weighted by Crippen LogP contribution is 2.15. The van der Waals surface area contributed by atoms with Gasteiger partial charge >= 0.3 is 0 Å². The summed E-state index contributed by atoms with van der Waals surface area (Å²) in [4.78, 5) is 0. The normalized spacial score (nSPS) is 16.7. The highest BCUT2D eigenvalue weighted by Gasteiger charge is 2.01. The zero-order chi connectivity index (χ0) is 9.40. The van der Waals surface area contributed by atoms with Gasteiger partial charge < -0.3 is 5.11 Å². The fraction of sp³-hybridized carbons (Fsp3) is 0.800. The van der Waals surface area contributed by atoms with Gasteiger partial charge in [0, 0.05) is 5.25 Å². The quantitative estimate of drug-likeness (QED) is 0.647. The average molecular weight is 188 g/mol. The van der Waals surface area contributed by atoms with Crippen LogP contribution in [0.5, 0.6) is 0 Å². The van der Waals surface area contributed by atoms with Crippen LogP contribution >= 0.6 is 11.8 Å². The molecule has 0 aromatic heterocycles. The number of unbranched alkanes of at least 4 members (excludes halogenated alkanes) is 1. The SMILES string of the molecule is CCCC[C@H](/C=C/[C@@H](C)O)SC. The van der Waals surface area contributed by atoms with Crippen LogP contribution in [0.15, 0.2) is 12.2 Å². The fourth-order valence-corrected chi connectivity index (χ4v) is 1.63. The van der Waals surface area contributed by atoms with Crippen molar-refractivity contribution in [2.45, 2.75) is 44.5 Å². The maximum Gasteiger partial charge on any atom is 0.0693 e. The summed E-state index contributed by atoms with van der Waals surface area (Å²) in [6.07, 6.45) is 9.55. The van der Waals surface area contributed by atoms with Crippen molar-refractivity contribution in [1.82, 2.24) is 0 Å². The topological polar surface area (TPSA) is 20.2 Å². The van der Waals surface area contributed by atoms with Crippen LogP contribution in [0.3, 0.4) is 0 Å². The number of hydrogen-bond donors (Lipinski definition) is 1. The predicted molar refractivity (Wildman–Crippen MR) is 57.6 cm³/mol. The maximum absolute atomic E-state index is 9.03. The molecule has 0 amide bonds. The minimum absolute atomic E-state index is 0.304. The van der Waals surface area contributed by atoms with E-state index >= 15 is 0 Å². The van der Waals surface area contributed by atoms with E-state index in [2.05, 4.69) is 19.3 Å². The molecule has 0 aliphatic rings. The van der Waals surface area contributed by atoms with E-state index in [0.29, 0.717) is 5.25 Å². The van der Waals surface area contributed by atoms with Gasteiger partial charge in [-0.3, -0.25) is 0 Å². The summed E-state index contributed by atoms with van der Waals surface area (Å²) in [5, 5.41) is 9.61. The van der Waals surface area contributed by atoms with Crippen LogP contribution in [0.1, 0.15) is 33.1 Å². The Balaban J connectivity index is 3.66. The van der Waals surface area contributed by atoms with Crippen molar-refractivity contribution in [2.75, 3.05) is 6.26 Å². The zero-order valence-electron chi connectivity index (χ0n) is 8.29. The minimum atomic E-state index is -0.304. The molecule has 0 aliphatic carbocycles. The van der Waals surface area contributed by atoms with Gasteiger partial charge in [-0.1, -0.05) is 31.9 Å². The first-order valence-electron chi connectivity index (χ1n) is 4.59. The summed E-state index contributed by atoms with van der Waals surface area (Å²) in [5.74, 6) is 0. The molecule has 72 valence electrons. The smallest absolute Gasteiger partial charge is 0.0693 e. The van der Waals surface area contributed by atoms with Crippen LogP contribution < -0.4 is 0 Å². The van der Waals surface area contributed by atoms with Crippen LogP contribution in [0.4, 0.5) is 0 Å². The number of aliphatic hydroxyl groups excluding tert-OH is 1. The molecule has 0 aromatic carbocycles. The molecule has 0 spiro atoms. The summed E-state index contributed by atoms with van der Waals surface area (Å²) in [7, 11) is 0. The molecule has 0 unspecified atom stereocenters. The van der Waals surface area contributed by atoms with E-state index in [-0.39, 0.29) is 6.10 Å². The Bertz CT molecular complexity index is 121. The average Bonchev–Trinajstić information content (AvgIpc) is 2.05. The Morgan fingerprint density at radius 2 is 2.08 bits per heavy atom. The maximum atomic E-state index is 9.03. The molecule has 12 heavy (non-hydrogen) atoms. The predicted octanol–water partition coefficient (Wildman–Crippen LogP) is 2.85.